The zero-order valence-electron chi connectivity index (χ0n) is 2.53. The third kappa shape index (κ3) is 93.1. The Morgan fingerprint density at radius 1 is 0.833 bits per heavy atom. The zero-order valence-corrected chi connectivity index (χ0v) is 4.90. The van der Waals surface area contributed by atoms with Crippen LogP contribution in [0, 0.1) is 0 Å². The van der Waals surface area contributed by atoms with Gasteiger partial charge < -0.3 is 21.9 Å². The first-order valence-electron chi connectivity index (χ1n) is 0. The molecule has 1 radical (unpaired) electrons. The van der Waals surface area contributed by atoms with Gasteiger partial charge in [0.05, 0.1) is 0 Å². The van der Waals surface area contributed by atoms with Crippen molar-refractivity contribution in [3.63, 3.8) is 0 Å². The van der Waals surface area contributed by atoms with Crippen LogP contribution in [0.4, 0.5) is 0 Å². The first kappa shape index (κ1) is 301. The molecule has 0 unspecified atom stereocenters. The standard InChI is InChI=1S/Cr.Fe.2H2O.2O/h;;2*1H2;;/q+3;+2;;;2*-2/p-1. The number of hydrogen-bond donors (Lipinski definition) is 0. The van der Waals surface area contributed by atoms with Crippen molar-refractivity contribution in [3.8, 4) is 0 Å². The smallest absolute Gasteiger partial charge is 2.00 e. The summed E-state index contributed by atoms with van der Waals surface area (Å²) in [5.74, 6) is 0. The van der Waals surface area contributed by atoms with Gasteiger partial charge in [-0.25, -0.2) is 0 Å². The molecule has 41 valence electrons. The van der Waals surface area contributed by atoms with E-state index in [4.69, 9.17) is 0 Å². The summed E-state index contributed by atoms with van der Waals surface area (Å²) in [5, 5.41) is 0. The second-order valence-corrected chi connectivity index (χ2v) is 0. The van der Waals surface area contributed by atoms with Crippen molar-refractivity contribution in [1.82, 2.24) is 0 Å². The van der Waals surface area contributed by atoms with Crippen LogP contribution < -0.4 is 0 Å². The summed E-state index contributed by atoms with van der Waals surface area (Å²) in [5.41, 5.74) is 0. The Hall–Kier alpha value is 0.892. The molecule has 0 bridgehead atoms. The minimum Gasteiger partial charge on any atom is -2.00 e. The summed E-state index contributed by atoms with van der Waals surface area (Å²) in [6.45, 7) is 0. The molecular weight excluding hydrogens is 172 g/mol. The molecule has 0 saturated heterocycles. The SMILES string of the molecule is O.[Cr+3].[Fe+2].[O-2].[O-2].[OH-]. The topological polar surface area (TPSA) is 118 Å². The van der Waals surface area contributed by atoms with E-state index < -0.39 is 0 Å². The van der Waals surface area contributed by atoms with Crippen molar-refractivity contribution >= 4 is 0 Å². The van der Waals surface area contributed by atoms with Crippen molar-refractivity contribution in [2.45, 2.75) is 0 Å². The van der Waals surface area contributed by atoms with E-state index >= 15 is 0 Å². The minimum atomic E-state index is 0. The van der Waals surface area contributed by atoms with Crippen molar-refractivity contribution < 1.29 is 56.3 Å². The summed E-state index contributed by atoms with van der Waals surface area (Å²) >= 11 is 0. The van der Waals surface area contributed by atoms with Gasteiger partial charge in [-0.1, -0.05) is 0 Å². The molecule has 3 N–H and O–H groups in total. The molecule has 0 aromatic rings. The Labute approximate surface area is 56.8 Å². The molecule has 6 heteroatoms. The molecule has 0 aliphatic rings. The molecule has 0 spiro atoms. The number of hydrogen-bond acceptors (Lipinski definition) is 1. The fourth-order valence-corrected chi connectivity index (χ4v) is 0. The number of rotatable bonds is 0. The van der Waals surface area contributed by atoms with E-state index in [2.05, 4.69) is 0 Å². The summed E-state index contributed by atoms with van der Waals surface area (Å²) in [6.07, 6.45) is 0. The van der Waals surface area contributed by atoms with Crippen LogP contribution in [-0.2, 0) is 45.4 Å². The van der Waals surface area contributed by atoms with Crippen LogP contribution in [0.25, 0.3) is 0 Å². The third-order valence-corrected chi connectivity index (χ3v) is 0. The Bertz CT molecular complexity index is 7.51. The van der Waals surface area contributed by atoms with Crippen molar-refractivity contribution in [1.29, 1.82) is 0 Å². The first-order valence-corrected chi connectivity index (χ1v) is 0. The summed E-state index contributed by atoms with van der Waals surface area (Å²) < 4.78 is 0. The van der Waals surface area contributed by atoms with E-state index in [0.717, 1.165) is 0 Å². The molecule has 0 rings (SSSR count). The average molecular weight is 175 g/mol. The summed E-state index contributed by atoms with van der Waals surface area (Å²) in [4.78, 5) is 0. The molecule has 0 aromatic heterocycles. The fraction of sp³-hybridized carbons (Fsp3) is 0. The molecule has 0 heterocycles. The van der Waals surface area contributed by atoms with E-state index in [1.165, 1.54) is 0 Å². The van der Waals surface area contributed by atoms with E-state index in [1.54, 1.807) is 0 Å². The van der Waals surface area contributed by atoms with Gasteiger partial charge in [0.15, 0.2) is 0 Å². The van der Waals surface area contributed by atoms with Gasteiger partial charge >= 0.3 is 34.4 Å². The maximum atomic E-state index is 0. The second kappa shape index (κ2) is 177. The van der Waals surface area contributed by atoms with E-state index in [1.807, 2.05) is 0 Å². The van der Waals surface area contributed by atoms with Gasteiger partial charge in [0.1, 0.15) is 0 Å². The van der Waals surface area contributed by atoms with Gasteiger partial charge in [0.25, 0.3) is 0 Å². The van der Waals surface area contributed by atoms with Crippen molar-refractivity contribution in [2.24, 2.45) is 0 Å². The Morgan fingerprint density at radius 3 is 0.833 bits per heavy atom. The van der Waals surface area contributed by atoms with Crippen LogP contribution in [0.3, 0.4) is 0 Å². The van der Waals surface area contributed by atoms with Gasteiger partial charge in [0.2, 0.25) is 0 Å². The molecule has 0 aromatic carbocycles. The quantitative estimate of drug-likeness (QED) is 0.420. The normalized spacial score (nSPS) is 0. The largest absolute Gasteiger partial charge is 3.00 e. The minimum absolute atomic E-state index is 0. The molecular formula is H3CrFeO4. The second-order valence-electron chi connectivity index (χ2n) is 0. The van der Waals surface area contributed by atoms with E-state index in [-0.39, 0.29) is 56.3 Å². The molecule has 6 heavy (non-hydrogen) atoms. The van der Waals surface area contributed by atoms with Crippen molar-refractivity contribution in [2.75, 3.05) is 0 Å². The molecule has 0 saturated carbocycles. The van der Waals surface area contributed by atoms with Gasteiger partial charge in [-0.15, -0.1) is 0 Å². The Morgan fingerprint density at radius 2 is 0.833 bits per heavy atom. The van der Waals surface area contributed by atoms with Gasteiger partial charge in [-0.2, -0.15) is 0 Å². The molecule has 0 aliphatic heterocycles. The molecule has 4 nitrogen and oxygen atoms in total. The van der Waals surface area contributed by atoms with Crippen LogP contribution in [0.5, 0.6) is 0 Å². The molecule has 0 fully saturated rings. The van der Waals surface area contributed by atoms with Crippen LogP contribution in [0.15, 0.2) is 0 Å². The van der Waals surface area contributed by atoms with Crippen molar-refractivity contribution in [3.05, 3.63) is 0 Å². The molecule has 0 amide bonds. The first-order chi connectivity index (χ1) is 0. The maximum absolute atomic E-state index is 0. The average Bonchev–Trinajstić information content (AvgIpc) is 0. The third-order valence-electron chi connectivity index (χ3n) is 0. The van der Waals surface area contributed by atoms with Crippen LogP contribution in [0.2, 0.25) is 0 Å². The summed E-state index contributed by atoms with van der Waals surface area (Å²) in [6, 6.07) is 0. The predicted octanol–water partition coefficient (Wildman–Crippen LogP) is -1.24. The van der Waals surface area contributed by atoms with Crippen LogP contribution in [0.1, 0.15) is 0 Å². The maximum Gasteiger partial charge on any atom is 3.00 e. The van der Waals surface area contributed by atoms with E-state index in [9.17, 15) is 0 Å². The zero-order chi connectivity index (χ0) is 0. The van der Waals surface area contributed by atoms with Crippen LogP contribution >= 0.6 is 0 Å². The van der Waals surface area contributed by atoms with E-state index in [0.29, 0.717) is 0 Å². The fourth-order valence-electron chi connectivity index (χ4n) is 0. The Balaban J connectivity index is 0. The molecule has 0 atom stereocenters. The van der Waals surface area contributed by atoms with Gasteiger partial charge in [0, 0.05) is 0 Å². The monoisotopic (exact) mass is 175 g/mol. The summed E-state index contributed by atoms with van der Waals surface area (Å²) in [7, 11) is 0. The molecule has 0 aliphatic carbocycles. The van der Waals surface area contributed by atoms with Gasteiger partial charge in [-0.3, -0.25) is 0 Å². The predicted molar refractivity (Wildman–Crippen MR) is 6.92 cm³/mol. The van der Waals surface area contributed by atoms with Gasteiger partial charge in [-0.05, 0) is 0 Å². The Kier molecular flexibility index (Phi) is 8880. The van der Waals surface area contributed by atoms with Crippen LogP contribution in [-0.4, -0.2) is 11.0 Å².